The number of anilines is 1. The highest BCUT2D eigenvalue weighted by Gasteiger charge is 2.26. The van der Waals surface area contributed by atoms with Gasteiger partial charge in [0.25, 0.3) is 0 Å². The number of benzene rings is 2. The fourth-order valence-electron chi connectivity index (χ4n) is 3.96. The van der Waals surface area contributed by atoms with Crippen molar-refractivity contribution in [2.75, 3.05) is 24.2 Å². The molecule has 3 aromatic rings. The Kier molecular flexibility index (Phi) is 6.66. The number of nitrogens with zero attached hydrogens (tertiary/aromatic N) is 2. The highest BCUT2D eigenvalue weighted by molar-refractivity contribution is 9.10. The molecule has 1 N–H and O–H groups in total. The Morgan fingerprint density at radius 2 is 1.66 bits per heavy atom. The first-order chi connectivity index (χ1) is 15.3. The van der Waals surface area contributed by atoms with Gasteiger partial charge in [-0.3, -0.25) is 9.59 Å². The maximum atomic E-state index is 13.1. The fourth-order valence-corrected chi connectivity index (χ4v) is 5.59. The summed E-state index contributed by atoms with van der Waals surface area (Å²) in [5.41, 5.74) is 1.17. The van der Waals surface area contributed by atoms with Gasteiger partial charge in [-0.05, 0) is 49.6 Å². The summed E-state index contributed by atoms with van der Waals surface area (Å²) in [6.07, 6.45) is 4.59. The van der Waals surface area contributed by atoms with E-state index in [1.165, 1.54) is 6.20 Å². The predicted octanol–water partition coefficient (Wildman–Crippen LogP) is 3.83. The fraction of sp³-hybridized carbons (Fsp3) is 0.304. The number of rotatable bonds is 6. The summed E-state index contributed by atoms with van der Waals surface area (Å²) in [6, 6.07) is 13.9. The smallest absolute Gasteiger partial charge is 0.242 e. The number of piperidine rings is 1. The largest absolute Gasteiger partial charge is 0.341 e. The third-order valence-electron chi connectivity index (χ3n) is 5.55. The number of hydrogen-bond donors (Lipinski definition) is 1. The zero-order valence-electron chi connectivity index (χ0n) is 17.5. The van der Waals surface area contributed by atoms with Crippen molar-refractivity contribution in [1.29, 1.82) is 0 Å². The number of para-hydroxylation sites is 1. The Morgan fingerprint density at radius 3 is 2.38 bits per heavy atom. The molecule has 0 atom stereocenters. The van der Waals surface area contributed by atoms with E-state index in [-0.39, 0.29) is 17.3 Å². The minimum Gasteiger partial charge on any atom is -0.341 e. The topological polar surface area (TPSA) is 88.5 Å². The number of amides is 2. The van der Waals surface area contributed by atoms with Gasteiger partial charge in [-0.1, -0.05) is 34.1 Å². The molecule has 2 aromatic carbocycles. The lowest BCUT2D eigenvalue weighted by Gasteiger charge is -2.27. The average Bonchev–Trinajstić information content (AvgIpc) is 3.15. The molecule has 0 bridgehead atoms. The van der Waals surface area contributed by atoms with Crippen molar-refractivity contribution in [3.63, 3.8) is 0 Å². The third-order valence-corrected chi connectivity index (χ3v) is 7.72. The van der Waals surface area contributed by atoms with Gasteiger partial charge in [-0.15, -0.1) is 0 Å². The van der Waals surface area contributed by atoms with E-state index in [1.54, 1.807) is 53.1 Å². The minimum atomic E-state index is -3.92. The summed E-state index contributed by atoms with van der Waals surface area (Å²) in [5, 5.41) is 3.13. The number of likely N-dealkylation sites (tertiary alicyclic amines) is 1. The first kappa shape index (κ1) is 22.5. The van der Waals surface area contributed by atoms with Crippen LogP contribution in [0, 0.1) is 0 Å². The van der Waals surface area contributed by atoms with Crippen LogP contribution in [0.1, 0.15) is 19.3 Å². The molecule has 4 rings (SSSR count). The van der Waals surface area contributed by atoms with Crippen LogP contribution in [0.5, 0.6) is 0 Å². The van der Waals surface area contributed by atoms with E-state index in [1.807, 2.05) is 4.90 Å². The second kappa shape index (κ2) is 9.46. The lowest BCUT2D eigenvalue weighted by Crippen LogP contribution is -2.37. The summed E-state index contributed by atoms with van der Waals surface area (Å²) < 4.78 is 28.8. The lowest BCUT2D eigenvalue weighted by molar-refractivity contribution is -0.132. The van der Waals surface area contributed by atoms with E-state index in [9.17, 15) is 18.0 Å². The number of carbonyl (C=O) groups excluding carboxylic acids is 2. The van der Waals surface area contributed by atoms with Crippen molar-refractivity contribution >= 4 is 54.2 Å². The van der Waals surface area contributed by atoms with Gasteiger partial charge in [0.1, 0.15) is 12.3 Å². The predicted molar refractivity (Wildman–Crippen MR) is 127 cm³/mol. The van der Waals surface area contributed by atoms with Crippen LogP contribution < -0.4 is 5.32 Å². The lowest BCUT2D eigenvalue weighted by atomic mass is 10.1. The van der Waals surface area contributed by atoms with E-state index in [4.69, 9.17) is 0 Å². The summed E-state index contributed by atoms with van der Waals surface area (Å²) in [5.74, 6) is -1.33. The molecule has 7 nitrogen and oxygen atoms in total. The van der Waals surface area contributed by atoms with Gasteiger partial charge >= 0.3 is 0 Å². The van der Waals surface area contributed by atoms with E-state index < -0.39 is 21.5 Å². The Labute approximate surface area is 195 Å². The molecule has 9 heteroatoms. The molecular weight excluding hydrogens is 494 g/mol. The Morgan fingerprint density at radius 1 is 0.969 bits per heavy atom. The van der Waals surface area contributed by atoms with Crippen molar-refractivity contribution in [2.24, 2.45) is 0 Å². The molecule has 1 fully saturated rings. The van der Waals surface area contributed by atoms with Crippen molar-refractivity contribution in [3.8, 4) is 0 Å². The second-order valence-corrected chi connectivity index (χ2v) is 10.8. The molecule has 1 saturated heterocycles. The molecule has 2 heterocycles. The molecule has 1 aliphatic rings. The highest BCUT2D eigenvalue weighted by Crippen LogP contribution is 2.27. The molecule has 32 heavy (non-hydrogen) atoms. The van der Waals surface area contributed by atoms with Gasteiger partial charge in [0.05, 0.1) is 4.90 Å². The molecule has 0 aliphatic carbocycles. The van der Waals surface area contributed by atoms with Crippen molar-refractivity contribution in [3.05, 3.63) is 59.2 Å². The van der Waals surface area contributed by atoms with E-state index >= 15 is 0 Å². The van der Waals surface area contributed by atoms with E-state index in [2.05, 4.69) is 21.2 Å². The first-order valence-electron chi connectivity index (χ1n) is 10.5. The van der Waals surface area contributed by atoms with Crippen LogP contribution in [0.4, 0.5) is 5.69 Å². The van der Waals surface area contributed by atoms with Gasteiger partial charge in [-0.2, -0.15) is 0 Å². The zero-order chi connectivity index (χ0) is 22.7. The third kappa shape index (κ3) is 5.05. The van der Waals surface area contributed by atoms with Crippen LogP contribution in [0.15, 0.2) is 64.1 Å². The number of hydrogen-bond acceptors (Lipinski definition) is 4. The number of halogens is 1. The standard InChI is InChI=1S/C23H24BrN3O4S/c24-17-8-10-18(11-9-17)25-22(28)16-32(30,31)21-14-27(20-7-3-2-6-19(20)21)15-23(29)26-12-4-1-5-13-26/h2-3,6-11,14H,1,4-5,12-13,15-16H2,(H,25,28). The number of sulfone groups is 1. The number of aromatic nitrogens is 1. The monoisotopic (exact) mass is 517 g/mol. The number of nitrogens with one attached hydrogen (secondary N) is 1. The maximum Gasteiger partial charge on any atom is 0.242 e. The maximum absolute atomic E-state index is 13.1. The van der Waals surface area contributed by atoms with Crippen LogP contribution in [-0.2, 0) is 26.0 Å². The van der Waals surface area contributed by atoms with E-state index in [0.29, 0.717) is 16.6 Å². The van der Waals surface area contributed by atoms with Crippen molar-refractivity contribution in [1.82, 2.24) is 9.47 Å². The molecule has 1 aromatic heterocycles. The van der Waals surface area contributed by atoms with E-state index in [0.717, 1.165) is 36.8 Å². The van der Waals surface area contributed by atoms with Crippen LogP contribution in [0.25, 0.3) is 10.9 Å². The Balaban J connectivity index is 1.56. The Bertz CT molecular complexity index is 1250. The summed E-state index contributed by atoms with van der Waals surface area (Å²) >= 11 is 3.32. The normalized spacial score (nSPS) is 14.5. The highest BCUT2D eigenvalue weighted by atomic mass is 79.9. The zero-order valence-corrected chi connectivity index (χ0v) is 19.9. The summed E-state index contributed by atoms with van der Waals surface area (Å²) in [4.78, 5) is 27.1. The average molecular weight is 518 g/mol. The molecule has 168 valence electrons. The molecule has 2 amide bonds. The minimum absolute atomic E-state index is 0.0256. The molecule has 0 unspecified atom stereocenters. The van der Waals surface area contributed by atoms with Gasteiger partial charge in [-0.25, -0.2) is 8.42 Å². The number of carbonyl (C=O) groups is 2. The second-order valence-electron chi connectivity index (χ2n) is 7.89. The van der Waals surface area contributed by atoms with Gasteiger partial charge in [0, 0.05) is 40.3 Å². The molecule has 1 aliphatic heterocycles. The molecule has 0 spiro atoms. The van der Waals surface area contributed by atoms with Crippen LogP contribution in [0.2, 0.25) is 0 Å². The van der Waals surface area contributed by atoms with Crippen molar-refractivity contribution < 1.29 is 18.0 Å². The number of fused-ring (bicyclic) bond motifs is 1. The molecule has 0 radical (unpaired) electrons. The first-order valence-corrected chi connectivity index (χ1v) is 12.9. The Hall–Kier alpha value is -2.65. The quantitative estimate of drug-likeness (QED) is 0.538. The molecule has 0 saturated carbocycles. The summed E-state index contributed by atoms with van der Waals surface area (Å²) in [6.45, 7) is 1.54. The SMILES string of the molecule is O=C(CS(=O)(=O)c1cn(CC(=O)N2CCCCC2)c2ccccc12)Nc1ccc(Br)cc1. The van der Waals surface area contributed by atoms with Crippen LogP contribution in [0.3, 0.4) is 0 Å². The van der Waals surface area contributed by atoms with Crippen LogP contribution in [-0.4, -0.2) is 48.5 Å². The van der Waals surface area contributed by atoms with Gasteiger partial charge in [0.15, 0.2) is 9.84 Å². The van der Waals surface area contributed by atoms with Crippen LogP contribution >= 0.6 is 15.9 Å². The van der Waals surface area contributed by atoms with Gasteiger partial charge < -0.3 is 14.8 Å². The van der Waals surface area contributed by atoms with Crippen molar-refractivity contribution in [2.45, 2.75) is 30.7 Å². The summed E-state index contributed by atoms with van der Waals surface area (Å²) in [7, 11) is -3.92. The van der Waals surface area contributed by atoms with Gasteiger partial charge in [0.2, 0.25) is 11.8 Å². The molecular formula is C23H24BrN3O4S.